The van der Waals surface area contributed by atoms with Gasteiger partial charge in [-0.25, -0.2) is 0 Å². The third-order valence-electron chi connectivity index (χ3n) is 2.87. The van der Waals surface area contributed by atoms with E-state index in [2.05, 4.69) is 31.2 Å². The maximum absolute atomic E-state index is 2.29. The first kappa shape index (κ1) is 7.85. The Morgan fingerprint density at radius 1 is 1.33 bits per heavy atom. The van der Waals surface area contributed by atoms with E-state index in [1.54, 1.807) is 11.1 Å². The fourth-order valence-corrected chi connectivity index (χ4v) is 2.07. The fraction of sp³-hybridized carbons (Fsp3) is 0.500. The zero-order valence-corrected chi connectivity index (χ0v) is 7.72. The average Bonchev–Trinajstić information content (AvgIpc) is 2.07. The first-order valence-corrected chi connectivity index (χ1v) is 4.99. The highest BCUT2D eigenvalue weighted by molar-refractivity contribution is 5.39. The molecule has 12 heavy (non-hydrogen) atoms. The topological polar surface area (TPSA) is 0 Å². The summed E-state index contributed by atoms with van der Waals surface area (Å²) in [5, 5.41) is 0. The Labute approximate surface area is 74.6 Å². The molecule has 2 rings (SSSR count). The van der Waals surface area contributed by atoms with E-state index >= 15 is 0 Å². The summed E-state index contributed by atoms with van der Waals surface area (Å²) in [6.45, 7) is 2.27. The second-order valence-corrected chi connectivity index (χ2v) is 3.74. The molecule has 1 unspecified atom stereocenters. The lowest BCUT2D eigenvalue weighted by atomic mass is 9.75. The maximum Gasteiger partial charge on any atom is -0.0119 e. The van der Waals surface area contributed by atoms with Crippen LogP contribution in [-0.4, -0.2) is 0 Å². The molecular formula is C12H16. The van der Waals surface area contributed by atoms with Crippen LogP contribution in [0, 0.1) is 0 Å². The van der Waals surface area contributed by atoms with Gasteiger partial charge in [0, 0.05) is 0 Å². The lowest BCUT2D eigenvalue weighted by Crippen LogP contribution is -2.16. The molecule has 0 nitrogen and oxygen atoms in total. The molecule has 0 fully saturated rings. The molecule has 0 aliphatic heterocycles. The van der Waals surface area contributed by atoms with Crippen LogP contribution in [0.1, 0.15) is 43.2 Å². The smallest absolute Gasteiger partial charge is 0.0119 e. The van der Waals surface area contributed by atoms with Gasteiger partial charge in [-0.15, -0.1) is 0 Å². The van der Waals surface area contributed by atoms with Crippen molar-refractivity contribution in [1.29, 1.82) is 0 Å². The molecule has 1 aliphatic carbocycles. The van der Waals surface area contributed by atoms with Crippen LogP contribution in [0.15, 0.2) is 24.3 Å². The van der Waals surface area contributed by atoms with E-state index in [1.807, 2.05) is 0 Å². The summed E-state index contributed by atoms with van der Waals surface area (Å²) in [6.07, 6.45) is 5.45. The molecule has 1 aromatic carbocycles. The van der Waals surface area contributed by atoms with Gasteiger partial charge in [0.05, 0.1) is 0 Å². The third-order valence-corrected chi connectivity index (χ3v) is 2.87. The molecule has 1 aliphatic rings. The zero-order chi connectivity index (χ0) is 8.39. The molecule has 0 radical (unpaired) electrons. The predicted octanol–water partition coefficient (Wildman–Crippen LogP) is 3.52. The van der Waals surface area contributed by atoms with E-state index in [9.17, 15) is 0 Å². The molecule has 0 amide bonds. The molecule has 64 valence electrons. The predicted molar refractivity (Wildman–Crippen MR) is 52.4 cm³/mol. The number of hydrogen-bond donors (Lipinski definition) is 0. The van der Waals surface area contributed by atoms with Crippen molar-refractivity contribution in [1.82, 2.24) is 0 Å². The van der Waals surface area contributed by atoms with Crippen LogP contribution in [0.5, 0.6) is 0 Å². The average molecular weight is 160 g/mol. The standard InChI is InChI=1S/C12H16/c1-2-3-6-10-9-11-7-4-5-8-12(10)11/h4-5,7-8,10H,2-3,6,9H2,1H3. The first-order valence-electron chi connectivity index (χ1n) is 4.99. The molecule has 1 aromatic rings. The van der Waals surface area contributed by atoms with E-state index in [4.69, 9.17) is 0 Å². The molecule has 0 heterocycles. The van der Waals surface area contributed by atoms with Crippen LogP contribution in [0.4, 0.5) is 0 Å². The highest BCUT2D eigenvalue weighted by Gasteiger charge is 2.23. The highest BCUT2D eigenvalue weighted by Crippen LogP contribution is 2.37. The Balaban J connectivity index is 2.00. The number of hydrogen-bond acceptors (Lipinski definition) is 0. The van der Waals surface area contributed by atoms with Gasteiger partial charge < -0.3 is 0 Å². The van der Waals surface area contributed by atoms with Crippen molar-refractivity contribution in [2.75, 3.05) is 0 Å². The second kappa shape index (κ2) is 3.30. The maximum atomic E-state index is 2.29. The van der Waals surface area contributed by atoms with Crippen LogP contribution >= 0.6 is 0 Å². The Bertz CT molecular complexity index is 262. The highest BCUT2D eigenvalue weighted by atomic mass is 14.3. The zero-order valence-electron chi connectivity index (χ0n) is 7.72. The van der Waals surface area contributed by atoms with Crippen molar-refractivity contribution in [2.24, 2.45) is 0 Å². The van der Waals surface area contributed by atoms with E-state index < -0.39 is 0 Å². The van der Waals surface area contributed by atoms with Crippen LogP contribution in [0.3, 0.4) is 0 Å². The lowest BCUT2D eigenvalue weighted by Gasteiger charge is -2.29. The summed E-state index contributed by atoms with van der Waals surface area (Å²) in [5.41, 5.74) is 3.20. The van der Waals surface area contributed by atoms with Gasteiger partial charge in [0.25, 0.3) is 0 Å². The summed E-state index contributed by atoms with van der Waals surface area (Å²) >= 11 is 0. The van der Waals surface area contributed by atoms with Crippen molar-refractivity contribution in [3.8, 4) is 0 Å². The second-order valence-electron chi connectivity index (χ2n) is 3.74. The molecule has 0 aromatic heterocycles. The Morgan fingerprint density at radius 2 is 2.17 bits per heavy atom. The van der Waals surface area contributed by atoms with E-state index in [0.29, 0.717) is 0 Å². The lowest BCUT2D eigenvalue weighted by molar-refractivity contribution is 0.531. The number of fused-ring (bicyclic) bond motifs is 1. The first-order chi connectivity index (χ1) is 5.92. The Hall–Kier alpha value is -0.780. The van der Waals surface area contributed by atoms with E-state index in [1.165, 1.54) is 25.7 Å². The molecule has 0 N–H and O–H groups in total. The fourth-order valence-electron chi connectivity index (χ4n) is 2.07. The van der Waals surface area contributed by atoms with Crippen molar-refractivity contribution >= 4 is 0 Å². The minimum Gasteiger partial charge on any atom is -0.0654 e. The van der Waals surface area contributed by atoms with Gasteiger partial charge in [-0.05, 0) is 29.9 Å². The van der Waals surface area contributed by atoms with Crippen molar-refractivity contribution < 1.29 is 0 Å². The quantitative estimate of drug-likeness (QED) is 0.634. The van der Waals surface area contributed by atoms with Gasteiger partial charge in [0.15, 0.2) is 0 Å². The minimum absolute atomic E-state index is 0.890. The van der Waals surface area contributed by atoms with Crippen LogP contribution in [-0.2, 0) is 6.42 Å². The number of unbranched alkanes of at least 4 members (excludes halogenated alkanes) is 1. The van der Waals surface area contributed by atoms with Crippen molar-refractivity contribution in [3.05, 3.63) is 35.4 Å². The summed E-state index contributed by atoms with van der Waals surface area (Å²) in [4.78, 5) is 0. The normalized spacial score (nSPS) is 19.9. The molecular weight excluding hydrogens is 144 g/mol. The largest absolute Gasteiger partial charge is 0.0654 e. The Morgan fingerprint density at radius 3 is 2.92 bits per heavy atom. The number of benzene rings is 1. The SMILES string of the molecule is CCCCC1Cc2ccccc21. The van der Waals surface area contributed by atoms with Gasteiger partial charge >= 0.3 is 0 Å². The molecule has 0 spiro atoms. The van der Waals surface area contributed by atoms with Gasteiger partial charge in [-0.2, -0.15) is 0 Å². The van der Waals surface area contributed by atoms with E-state index in [0.717, 1.165) is 5.92 Å². The van der Waals surface area contributed by atoms with E-state index in [-0.39, 0.29) is 0 Å². The number of rotatable bonds is 3. The summed E-state index contributed by atoms with van der Waals surface area (Å²) in [5.74, 6) is 0.890. The van der Waals surface area contributed by atoms with Crippen molar-refractivity contribution in [2.45, 2.75) is 38.5 Å². The summed E-state index contributed by atoms with van der Waals surface area (Å²) < 4.78 is 0. The van der Waals surface area contributed by atoms with Gasteiger partial charge in [-0.1, -0.05) is 44.0 Å². The van der Waals surface area contributed by atoms with Gasteiger partial charge in [0.1, 0.15) is 0 Å². The van der Waals surface area contributed by atoms with Crippen molar-refractivity contribution in [3.63, 3.8) is 0 Å². The summed E-state index contributed by atoms with van der Waals surface area (Å²) in [7, 11) is 0. The third kappa shape index (κ3) is 1.26. The molecule has 0 saturated carbocycles. The molecule has 0 bridgehead atoms. The van der Waals surface area contributed by atoms with Crippen LogP contribution < -0.4 is 0 Å². The van der Waals surface area contributed by atoms with Gasteiger partial charge in [-0.3, -0.25) is 0 Å². The Kier molecular flexibility index (Phi) is 2.16. The molecule has 1 atom stereocenters. The summed E-state index contributed by atoms with van der Waals surface area (Å²) in [6, 6.07) is 8.86. The molecule has 0 heteroatoms. The molecule has 0 saturated heterocycles. The van der Waals surface area contributed by atoms with Crippen LogP contribution in [0.25, 0.3) is 0 Å². The monoisotopic (exact) mass is 160 g/mol. The van der Waals surface area contributed by atoms with Gasteiger partial charge in [0.2, 0.25) is 0 Å². The van der Waals surface area contributed by atoms with Crippen LogP contribution in [0.2, 0.25) is 0 Å². The minimum atomic E-state index is 0.890.